The molecule has 1 aromatic heterocycles. The Morgan fingerprint density at radius 3 is 2.62 bits per heavy atom. The van der Waals surface area contributed by atoms with Crippen molar-refractivity contribution in [3.05, 3.63) is 64.6 Å². The fraction of sp³-hybridized carbons (Fsp3) is 0.318. The molecule has 4 rings (SSSR count). The highest BCUT2D eigenvalue weighted by Gasteiger charge is 2.21. The van der Waals surface area contributed by atoms with Crippen LogP contribution in [0.4, 0.5) is 15.8 Å². The van der Waals surface area contributed by atoms with Gasteiger partial charge in [0.05, 0.1) is 24.9 Å². The van der Waals surface area contributed by atoms with Crippen molar-refractivity contribution in [2.75, 3.05) is 23.0 Å². The Bertz CT molecular complexity index is 1040. The molecule has 10 heteroatoms. The quantitative estimate of drug-likeness (QED) is 0.398. The molecule has 1 fully saturated rings. The van der Waals surface area contributed by atoms with Crippen molar-refractivity contribution < 1.29 is 13.9 Å². The molecule has 2 N–H and O–H groups in total. The highest BCUT2D eigenvalue weighted by atomic mass is 79.9. The van der Waals surface area contributed by atoms with Gasteiger partial charge in [-0.15, -0.1) is 10.2 Å². The molecule has 3 aromatic rings. The first kappa shape index (κ1) is 22.8. The molecule has 1 aliphatic heterocycles. The Kier molecular flexibility index (Phi) is 7.77. The molecule has 0 radical (unpaired) electrons. The summed E-state index contributed by atoms with van der Waals surface area (Å²) in [7, 11) is 0. The zero-order valence-electron chi connectivity index (χ0n) is 17.3. The Hall–Kier alpha value is -2.43. The van der Waals surface area contributed by atoms with Crippen LogP contribution >= 0.6 is 27.7 Å². The van der Waals surface area contributed by atoms with Crippen LogP contribution in [0.5, 0.6) is 0 Å². The number of hydrogen-bond acceptors (Lipinski definition) is 6. The average molecular weight is 520 g/mol. The number of rotatable bonds is 9. The molecule has 0 bridgehead atoms. The SMILES string of the molecule is O=C(CSc1nnc(CNc2ccc(F)cc2)n1CC1CCCO1)Nc1ccc(Br)cc1. The minimum absolute atomic E-state index is 0.103. The number of ether oxygens (including phenoxy) is 1. The van der Waals surface area contributed by atoms with Crippen molar-refractivity contribution in [3.63, 3.8) is 0 Å². The third-order valence-electron chi connectivity index (χ3n) is 4.96. The normalized spacial score (nSPS) is 15.6. The van der Waals surface area contributed by atoms with E-state index in [1.165, 1.54) is 23.9 Å². The molecule has 2 heterocycles. The summed E-state index contributed by atoms with van der Waals surface area (Å²) in [6, 6.07) is 13.6. The molecule has 1 amide bonds. The van der Waals surface area contributed by atoms with E-state index in [-0.39, 0.29) is 23.6 Å². The summed E-state index contributed by atoms with van der Waals surface area (Å²) in [6.07, 6.45) is 2.12. The number of aromatic nitrogens is 3. The van der Waals surface area contributed by atoms with Crippen LogP contribution in [0.3, 0.4) is 0 Å². The van der Waals surface area contributed by atoms with Crippen molar-refractivity contribution in [1.82, 2.24) is 14.8 Å². The minimum Gasteiger partial charge on any atom is -0.378 e. The van der Waals surface area contributed by atoms with Gasteiger partial charge in [-0.1, -0.05) is 27.7 Å². The molecule has 32 heavy (non-hydrogen) atoms. The van der Waals surface area contributed by atoms with Crippen molar-refractivity contribution >= 4 is 45.0 Å². The van der Waals surface area contributed by atoms with E-state index in [9.17, 15) is 9.18 Å². The van der Waals surface area contributed by atoms with E-state index in [4.69, 9.17) is 4.74 Å². The summed E-state index contributed by atoms with van der Waals surface area (Å²) in [5, 5.41) is 15.4. The molecular formula is C22H23BrFN5O2S. The fourth-order valence-corrected chi connectivity index (χ4v) is 4.37. The van der Waals surface area contributed by atoms with Crippen LogP contribution in [0.25, 0.3) is 0 Å². The maximum absolute atomic E-state index is 13.1. The third kappa shape index (κ3) is 6.30. The summed E-state index contributed by atoms with van der Waals surface area (Å²) in [6.45, 7) is 1.81. The van der Waals surface area contributed by atoms with Gasteiger partial charge in [-0.2, -0.15) is 0 Å². The predicted molar refractivity (Wildman–Crippen MR) is 126 cm³/mol. The highest BCUT2D eigenvalue weighted by Crippen LogP contribution is 2.23. The van der Waals surface area contributed by atoms with E-state index in [1.807, 2.05) is 28.8 Å². The lowest BCUT2D eigenvalue weighted by Gasteiger charge is -2.15. The molecule has 0 aliphatic carbocycles. The van der Waals surface area contributed by atoms with Crippen LogP contribution in [0.1, 0.15) is 18.7 Å². The molecule has 168 valence electrons. The van der Waals surface area contributed by atoms with Gasteiger partial charge in [-0.05, 0) is 61.4 Å². The number of amides is 1. The molecule has 1 unspecified atom stereocenters. The molecule has 0 spiro atoms. The van der Waals surface area contributed by atoms with Crippen LogP contribution in [0.15, 0.2) is 58.2 Å². The van der Waals surface area contributed by atoms with Gasteiger partial charge in [-0.25, -0.2) is 4.39 Å². The number of halogens is 2. The molecule has 2 aromatic carbocycles. The van der Waals surface area contributed by atoms with Gasteiger partial charge in [0, 0.05) is 22.5 Å². The smallest absolute Gasteiger partial charge is 0.234 e. The number of benzene rings is 2. The summed E-state index contributed by atoms with van der Waals surface area (Å²) in [4.78, 5) is 12.4. The van der Waals surface area contributed by atoms with Crippen LogP contribution in [0.2, 0.25) is 0 Å². The van der Waals surface area contributed by atoms with E-state index in [0.29, 0.717) is 18.2 Å². The van der Waals surface area contributed by atoms with E-state index in [1.54, 1.807) is 12.1 Å². The standard InChI is InChI=1S/C22H23BrFN5O2S/c23-15-3-7-18(8-4-15)26-21(30)14-32-22-28-27-20(29(22)13-19-2-1-11-31-19)12-25-17-9-5-16(24)6-10-17/h3-10,19,25H,1-2,11-14H2,(H,26,30). The number of hydrogen-bond donors (Lipinski definition) is 2. The Balaban J connectivity index is 1.41. The second kappa shape index (κ2) is 10.9. The average Bonchev–Trinajstić information content (AvgIpc) is 3.44. The lowest BCUT2D eigenvalue weighted by Crippen LogP contribution is -2.20. The van der Waals surface area contributed by atoms with E-state index >= 15 is 0 Å². The number of thioether (sulfide) groups is 1. The first-order valence-corrected chi connectivity index (χ1v) is 12.1. The summed E-state index contributed by atoms with van der Waals surface area (Å²) >= 11 is 4.72. The number of anilines is 2. The molecule has 1 saturated heterocycles. The highest BCUT2D eigenvalue weighted by molar-refractivity contribution is 9.10. The largest absolute Gasteiger partial charge is 0.378 e. The molecule has 0 saturated carbocycles. The summed E-state index contributed by atoms with van der Waals surface area (Å²) in [5.41, 5.74) is 1.53. The van der Waals surface area contributed by atoms with Gasteiger partial charge >= 0.3 is 0 Å². The maximum Gasteiger partial charge on any atom is 0.234 e. The van der Waals surface area contributed by atoms with Crippen molar-refractivity contribution in [1.29, 1.82) is 0 Å². The first-order valence-electron chi connectivity index (χ1n) is 10.3. The van der Waals surface area contributed by atoms with Gasteiger partial charge < -0.3 is 19.9 Å². The minimum atomic E-state index is -0.280. The fourth-order valence-electron chi connectivity index (χ4n) is 3.34. The molecule has 7 nitrogen and oxygen atoms in total. The van der Waals surface area contributed by atoms with Gasteiger partial charge in [0.25, 0.3) is 0 Å². The Labute approximate surface area is 198 Å². The van der Waals surface area contributed by atoms with Crippen molar-refractivity contribution in [2.45, 2.75) is 37.2 Å². The molecule has 1 atom stereocenters. The van der Waals surface area contributed by atoms with Gasteiger partial charge in [0.2, 0.25) is 5.91 Å². The van der Waals surface area contributed by atoms with Crippen molar-refractivity contribution in [3.8, 4) is 0 Å². The predicted octanol–water partition coefficient (Wildman–Crippen LogP) is 4.70. The summed E-state index contributed by atoms with van der Waals surface area (Å²) in [5.74, 6) is 0.554. The summed E-state index contributed by atoms with van der Waals surface area (Å²) < 4.78 is 21.9. The number of carbonyl (C=O) groups excluding carboxylic acids is 1. The maximum atomic E-state index is 13.1. The van der Waals surface area contributed by atoms with Crippen LogP contribution < -0.4 is 10.6 Å². The van der Waals surface area contributed by atoms with Crippen LogP contribution in [-0.4, -0.2) is 39.1 Å². The number of nitrogens with one attached hydrogen (secondary N) is 2. The zero-order chi connectivity index (χ0) is 22.3. The second-order valence-electron chi connectivity index (χ2n) is 7.35. The van der Waals surface area contributed by atoms with E-state index in [2.05, 4.69) is 36.8 Å². The number of nitrogens with zero attached hydrogens (tertiary/aromatic N) is 3. The zero-order valence-corrected chi connectivity index (χ0v) is 19.7. The van der Waals surface area contributed by atoms with Crippen LogP contribution in [0, 0.1) is 5.82 Å². The Morgan fingerprint density at radius 1 is 1.16 bits per heavy atom. The lowest BCUT2D eigenvalue weighted by molar-refractivity contribution is -0.113. The first-order chi connectivity index (χ1) is 15.6. The van der Waals surface area contributed by atoms with Crippen LogP contribution in [-0.2, 0) is 22.6 Å². The third-order valence-corrected chi connectivity index (χ3v) is 6.45. The number of carbonyl (C=O) groups is 1. The molecular weight excluding hydrogens is 497 g/mol. The monoisotopic (exact) mass is 519 g/mol. The van der Waals surface area contributed by atoms with E-state index < -0.39 is 0 Å². The van der Waals surface area contributed by atoms with Gasteiger partial charge in [0.1, 0.15) is 5.82 Å². The van der Waals surface area contributed by atoms with Gasteiger partial charge in [-0.3, -0.25) is 4.79 Å². The van der Waals surface area contributed by atoms with Gasteiger partial charge in [0.15, 0.2) is 11.0 Å². The second-order valence-corrected chi connectivity index (χ2v) is 9.21. The van der Waals surface area contributed by atoms with Crippen molar-refractivity contribution in [2.24, 2.45) is 0 Å². The Morgan fingerprint density at radius 2 is 1.91 bits per heavy atom. The lowest BCUT2D eigenvalue weighted by atomic mass is 10.2. The molecule has 1 aliphatic rings. The topological polar surface area (TPSA) is 81.1 Å². The van der Waals surface area contributed by atoms with E-state index in [0.717, 1.165) is 41.1 Å².